The molecule has 0 spiro atoms. The molecule has 0 saturated carbocycles. The Kier molecular flexibility index (Phi) is 5.38. The zero-order valence-corrected chi connectivity index (χ0v) is 14.6. The van der Waals surface area contributed by atoms with E-state index >= 15 is 0 Å². The number of phenols is 1. The Morgan fingerprint density at radius 1 is 0.783 bits per heavy atom. The maximum atomic E-state index is 10.2. The molecule has 0 aliphatic carbocycles. The summed E-state index contributed by atoms with van der Waals surface area (Å²) in [5.41, 5.74) is 3.73. The minimum Gasteiger partial charge on any atom is -0.507 e. The topological polar surface area (TPSA) is 20.2 Å². The van der Waals surface area contributed by atoms with Crippen LogP contribution in [0.1, 0.15) is 16.7 Å². The van der Waals surface area contributed by atoms with E-state index in [0.29, 0.717) is 20.1 Å². The molecular weight excluding hydrogens is 319 g/mol. The van der Waals surface area contributed by atoms with Gasteiger partial charge in [-0.25, -0.2) is 0 Å². The van der Waals surface area contributed by atoms with Gasteiger partial charge in [0.05, 0.1) is 0 Å². The van der Waals surface area contributed by atoms with Gasteiger partial charge in [-0.2, -0.15) is 12.6 Å². The predicted octanol–water partition coefficient (Wildman–Crippen LogP) is 4.04. The second-order valence-corrected chi connectivity index (χ2v) is 7.10. The number of aromatic hydroxyl groups is 1. The van der Waals surface area contributed by atoms with E-state index in [4.69, 9.17) is 0 Å². The summed E-state index contributed by atoms with van der Waals surface area (Å²) in [6.07, 6.45) is 0.882. The first-order valence-corrected chi connectivity index (χ1v) is 9.21. The normalized spacial score (nSPS) is 11.2. The van der Waals surface area contributed by atoms with Gasteiger partial charge in [-0.15, -0.1) is 0 Å². The number of benzene rings is 3. The molecule has 3 aromatic carbocycles. The molecular formula is C20H19OPS. The van der Waals surface area contributed by atoms with Crippen LogP contribution in [0.3, 0.4) is 0 Å². The average molecular weight is 338 g/mol. The van der Waals surface area contributed by atoms with E-state index in [0.717, 1.165) is 11.7 Å². The van der Waals surface area contributed by atoms with Gasteiger partial charge in [-0.1, -0.05) is 69.2 Å². The van der Waals surface area contributed by atoms with E-state index in [2.05, 4.69) is 55.1 Å². The molecule has 1 unspecified atom stereocenters. The molecule has 0 amide bonds. The highest BCUT2D eigenvalue weighted by Crippen LogP contribution is 2.22. The highest BCUT2D eigenvalue weighted by atomic mass is 32.1. The Balaban J connectivity index is 1.86. The van der Waals surface area contributed by atoms with Crippen molar-refractivity contribution in [1.82, 2.24) is 0 Å². The van der Waals surface area contributed by atoms with Crippen molar-refractivity contribution in [2.24, 2.45) is 0 Å². The Morgan fingerprint density at radius 2 is 1.52 bits per heavy atom. The van der Waals surface area contributed by atoms with Gasteiger partial charge >= 0.3 is 0 Å². The molecule has 3 aromatic rings. The molecule has 0 bridgehead atoms. The monoisotopic (exact) mass is 338 g/mol. The van der Waals surface area contributed by atoms with Gasteiger partial charge in [-0.05, 0) is 40.5 Å². The summed E-state index contributed by atoms with van der Waals surface area (Å²) in [4.78, 5) is 0. The standard InChI is InChI=1S/C20H19OPS/c21-18-11-10-16(12-15-6-2-1-3-7-15)13-20(18)22-19-9-5-4-8-17(19)14-23/h1-11,13,21-23H,12,14H2. The molecule has 0 saturated heterocycles. The summed E-state index contributed by atoms with van der Waals surface area (Å²) >= 11 is 4.40. The van der Waals surface area contributed by atoms with Crippen molar-refractivity contribution in [3.63, 3.8) is 0 Å². The van der Waals surface area contributed by atoms with Gasteiger partial charge in [-0.3, -0.25) is 0 Å². The quantitative estimate of drug-likeness (QED) is 0.531. The highest BCUT2D eigenvalue weighted by molar-refractivity contribution is 7.79. The zero-order valence-electron chi connectivity index (χ0n) is 12.7. The van der Waals surface area contributed by atoms with Crippen LogP contribution in [0.15, 0.2) is 72.8 Å². The molecule has 1 atom stereocenters. The first-order valence-electron chi connectivity index (χ1n) is 7.58. The molecule has 0 aliphatic rings. The minimum atomic E-state index is 0.370. The SMILES string of the molecule is Oc1ccc(Cc2ccccc2)cc1Pc1ccccc1CS. The van der Waals surface area contributed by atoms with Gasteiger partial charge in [0, 0.05) is 11.1 Å². The molecule has 3 heteroatoms. The van der Waals surface area contributed by atoms with Crippen LogP contribution in [0.25, 0.3) is 0 Å². The van der Waals surface area contributed by atoms with Crippen LogP contribution in [-0.4, -0.2) is 5.11 Å². The first-order chi connectivity index (χ1) is 11.3. The summed E-state index contributed by atoms with van der Waals surface area (Å²) in [5.74, 6) is 1.09. The van der Waals surface area contributed by atoms with Crippen molar-refractivity contribution in [3.8, 4) is 5.75 Å². The smallest absolute Gasteiger partial charge is 0.123 e. The third-order valence-corrected chi connectivity index (χ3v) is 5.54. The third kappa shape index (κ3) is 4.16. The van der Waals surface area contributed by atoms with Crippen molar-refractivity contribution in [3.05, 3.63) is 89.5 Å². The van der Waals surface area contributed by atoms with Gasteiger partial charge < -0.3 is 5.11 Å². The number of rotatable bonds is 5. The lowest BCUT2D eigenvalue weighted by molar-refractivity contribution is 0.479. The lowest BCUT2D eigenvalue weighted by Crippen LogP contribution is -2.09. The van der Waals surface area contributed by atoms with E-state index in [1.165, 1.54) is 22.0 Å². The summed E-state index contributed by atoms with van der Waals surface area (Å²) < 4.78 is 0. The van der Waals surface area contributed by atoms with E-state index < -0.39 is 0 Å². The number of hydrogen-bond donors (Lipinski definition) is 2. The summed E-state index contributed by atoms with van der Waals surface area (Å²) in [5, 5.41) is 12.5. The third-order valence-electron chi connectivity index (χ3n) is 3.77. The van der Waals surface area contributed by atoms with Crippen LogP contribution in [0.4, 0.5) is 0 Å². The Morgan fingerprint density at radius 3 is 2.30 bits per heavy atom. The van der Waals surface area contributed by atoms with Crippen molar-refractivity contribution in [1.29, 1.82) is 0 Å². The van der Waals surface area contributed by atoms with E-state index in [9.17, 15) is 5.11 Å². The van der Waals surface area contributed by atoms with Crippen LogP contribution >= 0.6 is 21.2 Å². The molecule has 0 radical (unpaired) electrons. The van der Waals surface area contributed by atoms with E-state index in [1.54, 1.807) is 0 Å². The summed E-state index contributed by atoms with van der Waals surface area (Å²) in [7, 11) is 0.439. The number of thiol groups is 1. The Bertz CT molecular complexity index is 787. The molecule has 0 aromatic heterocycles. The molecule has 0 fully saturated rings. The van der Waals surface area contributed by atoms with Gasteiger partial charge in [0.2, 0.25) is 0 Å². The average Bonchev–Trinajstić information content (AvgIpc) is 2.59. The van der Waals surface area contributed by atoms with Crippen molar-refractivity contribution < 1.29 is 5.11 Å². The first kappa shape index (κ1) is 16.1. The van der Waals surface area contributed by atoms with Gasteiger partial charge in [0.1, 0.15) is 5.75 Å². The van der Waals surface area contributed by atoms with Crippen molar-refractivity contribution in [2.75, 3.05) is 0 Å². The summed E-state index contributed by atoms with van der Waals surface area (Å²) in [6.45, 7) is 0. The Hall–Kier alpha value is -1.76. The highest BCUT2D eigenvalue weighted by Gasteiger charge is 2.07. The zero-order chi connectivity index (χ0) is 16.1. The van der Waals surface area contributed by atoms with Crippen LogP contribution in [-0.2, 0) is 12.2 Å². The van der Waals surface area contributed by atoms with Crippen LogP contribution in [0.2, 0.25) is 0 Å². The lowest BCUT2D eigenvalue weighted by Gasteiger charge is -2.11. The van der Waals surface area contributed by atoms with Crippen LogP contribution < -0.4 is 10.6 Å². The van der Waals surface area contributed by atoms with Crippen LogP contribution in [0, 0.1) is 0 Å². The van der Waals surface area contributed by atoms with Crippen molar-refractivity contribution in [2.45, 2.75) is 12.2 Å². The molecule has 3 rings (SSSR count). The van der Waals surface area contributed by atoms with E-state index in [1.807, 2.05) is 30.3 Å². The fourth-order valence-corrected chi connectivity index (χ4v) is 4.25. The fraction of sp³-hybridized carbons (Fsp3) is 0.100. The van der Waals surface area contributed by atoms with Crippen molar-refractivity contribution >= 4 is 31.8 Å². The van der Waals surface area contributed by atoms with Gasteiger partial charge in [0.15, 0.2) is 0 Å². The molecule has 1 N–H and O–H groups in total. The number of hydrogen-bond acceptors (Lipinski definition) is 2. The van der Waals surface area contributed by atoms with Crippen LogP contribution in [0.5, 0.6) is 5.75 Å². The minimum absolute atomic E-state index is 0.370. The molecule has 23 heavy (non-hydrogen) atoms. The molecule has 116 valence electrons. The number of phenolic OH excluding ortho intramolecular Hbond substituents is 1. The van der Waals surface area contributed by atoms with E-state index in [-0.39, 0.29) is 0 Å². The Labute approximate surface area is 144 Å². The largest absolute Gasteiger partial charge is 0.507 e. The molecule has 0 heterocycles. The maximum Gasteiger partial charge on any atom is 0.123 e. The molecule has 1 nitrogen and oxygen atoms in total. The second-order valence-electron chi connectivity index (χ2n) is 5.45. The predicted molar refractivity (Wildman–Crippen MR) is 104 cm³/mol. The molecule has 0 aliphatic heterocycles. The lowest BCUT2D eigenvalue weighted by atomic mass is 10.1. The fourth-order valence-electron chi connectivity index (χ4n) is 2.55. The second kappa shape index (κ2) is 7.68. The summed E-state index contributed by atoms with van der Waals surface area (Å²) in [6, 6.07) is 24.6. The van der Waals surface area contributed by atoms with Gasteiger partial charge in [0.25, 0.3) is 0 Å². The maximum absolute atomic E-state index is 10.2.